The number of aromatic nitrogens is 3. The van der Waals surface area contributed by atoms with Crippen molar-refractivity contribution in [3.63, 3.8) is 0 Å². The van der Waals surface area contributed by atoms with Crippen LogP contribution in [0.2, 0.25) is 0 Å². The number of H-pyrrole nitrogens is 1. The highest BCUT2D eigenvalue weighted by atomic mass is 19.4. The van der Waals surface area contributed by atoms with E-state index in [1.165, 1.54) is 18.3 Å². The third kappa shape index (κ3) is 3.40. The number of halogens is 4. The van der Waals surface area contributed by atoms with Gasteiger partial charge in [0.1, 0.15) is 11.2 Å². The quantitative estimate of drug-likeness (QED) is 0.441. The number of nitrogens with one attached hydrogen (secondary N) is 1. The van der Waals surface area contributed by atoms with Gasteiger partial charge in [0, 0.05) is 18.3 Å². The molecule has 2 aromatic heterocycles. The minimum absolute atomic E-state index is 0.0000556. The van der Waals surface area contributed by atoms with Gasteiger partial charge < -0.3 is 9.88 Å². The number of aromatic amines is 1. The second-order valence-electron chi connectivity index (χ2n) is 8.15. The maximum atomic E-state index is 14.7. The van der Waals surface area contributed by atoms with E-state index in [-0.39, 0.29) is 24.0 Å². The molecule has 3 heterocycles. The number of hydrogen-bond acceptors (Lipinski definition) is 4. The Labute approximate surface area is 180 Å². The van der Waals surface area contributed by atoms with Crippen LogP contribution in [0.1, 0.15) is 36.8 Å². The standard InChI is InChI=1S/C23H18F4N4O/c24-16-5-3-6-17-19(16)20(30-21(32)29-17)31-11-2-1-4-15-14(12-28-13-18(15)31)7-8-22(9-10-22)23(25,26)27/h3,5-6,12-13H,1-2,4,9-11H2,(H,29,30,32). The van der Waals surface area contributed by atoms with Crippen LogP contribution >= 0.6 is 0 Å². The maximum Gasteiger partial charge on any atom is 0.405 e. The summed E-state index contributed by atoms with van der Waals surface area (Å²) >= 11 is 0. The van der Waals surface area contributed by atoms with Crippen molar-refractivity contribution >= 4 is 22.4 Å². The van der Waals surface area contributed by atoms with Gasteiger partial charge in [-0.05, 0) is 49.8 Å². The molecule has 1 fully saturated rings. The number of fused-ring (bicyclic) bond motifs is 2. The molecule has 5 nitrogen and oxygen atoms in total. The number of rotatable bonds is 1. The zero-order valence-electron chi connectivity index (χ0n) is 16.9. The topological polar surface area (TPSA) is 61.9 Å². The van der Waals surface area contributed by atoms with Crippen LogP contribution in [0.4, 0.5) is 29.1 Å². The number of alkyl halides is 3. The summed E-state index contributed by atoms with van der Waals surface area (Å²) < 4.78 is 54.6. The molecule has 5 rings (SSSR count). The molecule has 32 heavy (non-hydrogen) atoms. The molecule has 0 saturated heterocycles. The first-order valence-corrected chi connectivity index (χ1v) is 10.3. The summed E-state index contributed by atoms with van der Waals surface area (Å²) in [4.78, 5) is 24.7. The predicted octanol–water partition coefficient (Wildman–Crippen LogP) is 4.63. The van der Waals surface area contributed by atoms with Gasteiger partial charge in [0.2, 0.25) is 0 Å². The first kappa shape index (κ1) is 20.5. The van der Waals surface area contributed by atoms with E-state index >= 15 is 0 Å². The second kappa shape index (κ2) is 7.33. The Kier molecular flexibility index (Phi) is 4.69. The molecule has 0 bridgehead atoms. The highest BCUT2D eigenvalue weighted by molar-refractivity contribution is 5.92. The molecule has 0 unspecified atom stereocenters. The van der Waals surface area contributed by atoms with Crippen molar-refractivity contribution < 1.29 is 17.6 Å². The molecule has 9 heteroatoms. The first-order valence-electron chi connectivity index (χ1n) is 10.3. The summed E-state index contributed by atoms with van der Waals surface area (Å²) in [7, 11) is 0. The van der Waals surface area contributed by atoms with Crippen LogP contribution in [0.25, 0.3) is 10.9 Å². The fourth-order valence-electron chi connectivity index (χ4n) is 4.13. The Bertz CT molecular complexity index is 1330. The van der Waals surface area contributed by atoms with Gasteiger partial charge in [-0.25, -0.2) is 9.18 Å². The summed E-state index contributed by atoms with van der Waals surface area (Å²) in [6.45, 7) is 0.456. The lowest BCUT2D eigenvalue weighted by molar-refractivity contribution is -0.168. The van der Waals surface area contributed by atoms with Gasteiger partial charge in [-0.1, -0.05) is 17.9 Å². The number of hydrogen-bond donors (Lipinski definition) is 1. The molecule has 3 aromatic rings. The number of benzene rings is 1. The van der Waals surface area contributed by atoms with Gasteiger partial charge in [0.05, 0.1) is 22.8 Å². The lowest BCUT2D eigenvalue weighted by Crippen LogP contribution is -2.24. The van der Waals surface area contributed by atoms with Crippen LogP contribution in [0.15, 0.2) is 35.4 Å². The average molecular weight is 442 g/mol. The van der Waals surface area contributed by atoms with Gasteiger partial charge in [0.15, 0.2) is 5.82 Å². The molecule has 0 radical (unpaired) electrons. The highest BCUT2D eigenvalue weighted by Crippen LogP contribution is 2.57. The van der Waals surface area contributed by atoms with E-state index in [2.05, 4.69) is 26.8 Å². The zero-order valence-corrected chi connectivity index (χ0v) is 16.9. The van der Waals surface area contributed by atoms with Gasteiger partial charge >= 0.3 is 11.9 Å². The normalized spacial score (nSPS) is 17.3. The van der Waals surface area contributed by atoms with E-state index < -0.39 is 23.1 Å². The van der Waals surface area contributed by atoms with E-state index in [9.17, 15) is 22.4 Å². The third-order valence-corrected chi connectivity index (χ3v) is 6.06. The molecule has 2 aliphatic rings. The van der Waals surface area contributed by atoms with Gasteiger partial charge in [-0.3, -0.25) is 4.98 Å². The van der Waals surface area contributed by atoms with Crippen molar-refractivity contribution in [2.45, 2.75) is 38.3 Å². The van der Waals surface area contributed by atoms with Crippen molar-refractivity contribution in [3.8, 4) is 11.8 Å². The van der Waals surface area contributed by atoms with E-state index in [0.29, 0.717) is 29.7 Å². The molecule has 0 spiro atoms. The Morgan fingerprint density at radius 1 is 1.16 bits per heavy atom. The van der Waals surface area contributed by atoms with Gasteiger partial charge in [0.25, 0.3) is 0 Å². The summed E-state index contributed by atoms with van der Waals surface area (Å²) in [6, 6.07) is 4.38. The number of pyridine rings is 1. The Balaban J connectivity index is 1.66. The van der Waals surface area contributed by atoms with E-state index in [0.717, 1.165) is 18.4 Å². The van der Waals surface area contributed by atoms with Crippen LogP contribution < -0.4 is 10.6 Å². The molecule has 164 valence electrons. The van der Waals surface area contributed by atoms with Crippen LogP contribution in [0, 0.1) is 23.1 Å². The smallest absolute Gasteiger partial charge is 0.324 e. The summed E-state index contributed by atoms with van der Waals surface area (Å²) in [6.07, 6.45) is 0.732. The average Bonchev–Trinajstić information content (AvgIpc) is 3.55. The Morgan fingerprint density at radius 3 is 2.72 bits per heavy atom. The summed E-state index contributed by atoms with van der Waals surface area (Å²) in [5.74, 6) is 4.78. The predicted molar refractivity (Wildman–Crippen MR) is 111 cm³/mol. The van der Waals surface area contributed by atoms with Crippen molar-refractivity contribution in [1.29, 1.82) is 0 Å². The molecular formula is C23H18F4N4O. The molecule has 0 amide bonds. The molecule has 1 aliphatic heterocycles. The van der Waals surface area contributed by atoms with Crippen LogP contribution in [0.5, 0.6) is 0 Å². The number of anilines is 2. The fourth-order valence-corrected chi connectivity index (χ4v) is 4.13. The Hall–Kier alpha value is -3.41. The number of nitrogens with zero attached hydrogens (tertiary/aromatic N) is 3. The summed E-state index contributed by atoms with van der Waals surface area (Å²) in [5, 5.41) is 0.172. The fraction of sp³-hybridized carbons (Fsp3) is 0.348. The van der Waals surface area contributed by atoms with E-state index in [1.807, 2.05) is 0 Å². The Morgan fingerprint density at radius 2 is 1.97 bits per heavy atom. The molecule has 0 atom stereocenters. The minimum atomic E-state index is -4.36. The largest absolute Gasteiger partial charge is 0.405 e. The molecule has 1 saturated carbocycles. The monoisotopic (exact) mass is 442 g/mol. The third-order valence-electron chi connectivity index (χ3n) is 6.06. The molecular weight excluding hydrogens is 424 g/mol. The molecule has 1 aromatic carbocycles. The molecule has 1 N–H and O–H groups in total. The van der Waals surface area contributed by atoms with Crippen molar-refractivity contribution in [2.75, 3.05) is 11.4 Å². The van der Waals surface area contributed by atoms with E-state index in [1.54, 1.807) is 17.2 Å². The van der Waals surface area contributed by atoms with Gasteiger partial charge in [-0.15, -0.1) is 0 Å². The lowest BCUT2D eigenvalue weighted by atomic mass is 10.0. The van der Waals surface area contributed by atoms with Crippen LogP contribution in [-0.4, -0.2) is 27.7 Å². The van der Waals surface area contributed by atoms with Crippen LogP contribution in [0.3, 0.4) is 0 Å². The highest BCUT2D eigenvalue weighted by Gasteiger charge is 2.62. The molecule has 1 aliphatic carbocycles. The maximum absolute atomic E-state index is 14.7. The lowest BCUT2D eigenvalue weighted by Gasteiger charge is -2.25. The van der Waals surface area contributed by atoms with Gasteiger partial charge in [-0.2, -0.15) is 18.2 Å². The van der Waals surface area contributed by atoms with Crippen LogP contribution in [-0.2, 0) is 6.42 Å². The second-order valence-corrected chi connectivity index (χ2v) is 8.15. The SMILES string of the molecule is O=c1nc(N2CCCCc3c(C#CC4(C(F)(F)F)CC4)cncc32)c2c(F)cccc2[nH]1. The summed E-state index contributed by atoms with van der Waals surface area (Å²) in [5.41, 5.74) is -0.514. The van der Waals surface area contributed by atoms with Crippen molar-refractivity contribution in [2.24, 2.45) is 5.41 Å². The minimum Gasteiger partial charge on any atom is -0.324 e. The first-order chi connectivity index (χ1) is 15.3. The van der Waals surface area contributed by atoms with Crippen molar-refractivity contribution in [1.82, 2.24) is 15.0 Å². The zero-order chi connectivity index (χ0) is 22.5. The van der Waals surface area contributed by atoms with E-state index in [4.69, 9.17) is 0 Å². The van der Waals surface area contributed by atoms with Crippen molar-refractivity contribution in [3.05, 3.63) is 58.0 Å².